The third-order valence-electron chi connectivity index (χ3n) is 5.73. The SMILES string of the molecule is C[N+](C)(CCc1ccccc1)C(CCc1ccccc1)Cc1ccccc1. The maximum Gasteiger partial charge on any atom is 0.0930 e. The first-order valence-corrected chi connectivity index (χ1v) is 10.1. The largest absolute Gasteiger partial charge is 0.325 e. The van der Waals surface area contributed by atoms with Gasteiger partial charge in [0.15, 0.2) is 0 Å². The highest BCUT2D eigenvalue weighted by molar-refractivity contribution is 5.17. The number of rotatable bonds is 9. The van der Waals surface area contributed by atoms with Gasteiger partial charge in [-0.25, -0.2) is 0 Å². The van der Waals surface area contributed by atoms with E-state index in [1.54, 1.807) is 0 Å². The molecule has 0 spiro atoms. The molecule has 0 aliphatic carbocycles. The molecule has 1 heteroatoms. The summed E-state index contributed by atoms with van der Waals surface area (Å²) in [6, 6.07) is 33.4. The van der Waals surface area contributed by atoms with Crippen molar-refractivity contribution in [1.29, 1.82) is 0 Å². The molecule has 0 amide bonds. The lowest BCUT2D eigenvalue weighted by atomic mass is 9.96. The highest BCUT2D eigenvalue weighted by Crippen LogP contribution is 2.20. The van der Waals surface area contributed by atoms with Crippen LogP contribution in [0.2, 0.25) is 0 Å². The molecular weight excluding hydrogens is 326 g/mol. The van der Waals surface area contributed by atoms with E-state index in [-0.39, 0.29) is 0 Å². The molecule has 3 rings (SSSR count). The van der Waals surface area contributed by atoms with Gasteiger partial charge in [-0.05, 0) is 23.1 Å². The number of quaternary nitrogens is 1. The summed E-state index contributed by atoms with van der Waals surface area (Å²) >= 11 is 0. The Morgan fingerprint density at radius 2 is 1.04 bits per heavy atom. The molecule has 0 saturated heterocycles. The minimum Gasteiger partial charge on any atom is -0.325 e. The second-order valence-corrected chi connectivity index (χ2v) is 8.11. The Hall–Kier alpha value is -2.38. The fourth-order valence-electron chi connectivity index (χ4n) is 3.81. The molecule has 1 atom stereocenters. The smallest absolute Gasteiger partial charge is 0.0930 e. The Kier molecular flexibility index (Phi) is 6.84. The molecule has 1 unspecified atom stereocenters. The molecule has 0 bridgehead atoms. The number of benzene rings is 3. The van der Waals surface area contributed by atoms with Gasteiger partial charge in [-0.2, -0.15) is 0 Å². The molecule has 0 aliphatic rings. The van der Waals surface area contributed by atoms with Crippen molar-refractivity contribution < 1.29 is 4.48 Å². The lowest BCUT2D eigenvalue weighted by Crippen LogP contribution is -2.51. The van der Waals surface area contributed by atoms with Crippen LogP contribution in [0.3, 0.4) is 0 Å². The molecule has 3 aromatic carbocycles. The van der Waals surface area contributed by atoms with Crippen LogP contribution in [0.15, 0.2) is 91.0 Å². The van der Waals surface area contributed by atoms with Gasteiger partial charge in [-0.3, -0.25) is 0 Å². The Labute approximate surface area is 164 Å². The van der Waals surface area contributed by atoms with Crippen molar-refractivity contribution in [2.45, 2.75) is 31.7 Å². The molecule has 1 nitrogen and oxygen atoms in total. The maximum atomic E-state index is 2.40. The minimum absolute atomic E-state index is 0.608. The maximum absolute atomic E-state index is 2.40. The van der Waals surface area contributed by atoms with E-state index >= 15 is 0 Å². The summed E-state index contributed by atoms with van der Waals surface area (Å²) in [6.07, 6.45) is 4.62. The van der Waals surface area contributed by atoms with Gasteiger partial charge in [-0.1, -0.05) is 91.0 Å². The number of hydrogen-bond donors (Lipinski definition) is 0. The quantitative estimate of drug-likeness (QED) is 0.440. The van der Waals surface area contributed by atoms with Crippen LogP contribution in [0.5, 0.6) is 0 Å². The summed E-state index contributed by atoms with van der Waals surface area (Å²) in [5, 5.41) is 0. The summed E-state index contributed by atoms with van der Waals surface area (Å²) in [4.78, 5) is 0. The van der Waals surface area contributed by atoms with E-state index in [0.717, 1.165) is 30.3 Å². The van der Waals surface area contributed by atoms with Crippen LogP contribution in [0.25, 0.3) is 0 Å². The fourth-order valence-corrected chi connectivity index (χ4v) is 3.81. The Balaban J connectivity index is 1.70. The molecule has 0 aliphatic heterocycles. The summed E-state index contributed by atoms with van der Waals surface area (Å²) in [5.41, 5.74) is 4.32. The highest BCUT2D eigenvalue weighted by Gasteiger charge is 2.28. The van der Waals surface area contributed by atoms with E-state index in [1.165, 1.54) is 23.1 Å². The summed E-state index contributed by atoms with van der Waals surface area (Å²) in [5.74, 6) is 0. The molecule has 3 aromatic rings. The van der Waals surface area contributed by atoms with Gasteiger partial charge < -0.3 is 4.48 Å². The first-order chi connectivity index (χ1) is 13.1. The topological polar surface area (TPSA) is 0 Å². The van der Waals surface area contributed by atoms with Crippen molar-refractivity contribution in [1.82, 2.24) is 0 Å². The van der Waals surface area contributed by atoms with Gasteiger partial charge in [-0.15, -0.1) is 0 Å². The van der Waals surface area contributed by atoms with Crippen LogP contribution in [0.4, 0.5) is 0 Å². The van der Waals surface area contributed by atoms with Crippen molar-refractivity contribution in [2.75, 3.05) is 20.6 Å². The van der Waals surface area contributed by atoms with Crippen LogP contribution in [0, 0.1) is 0 Å². The standard InChI is InChI=1S/C26H32N/c1-27(2,21-20-24-14-8-4-9-15-24)26(22-25-16-10-5-11-17-25)19-18-23-12-6-3-7-13-23/h3-17,26H,18-22H2,1-2H3/q+1. The number of hydrogen-bond acceptors (Lipinski definition) is 0. The predicted molar refractivity (Wildman–Crippen MR) is 116 cm³/mol. The summed E-state index contributed by atoms with van der Waals surface area (Å²) < 4.78 is 1.05. The van der Waals surface area contributed by atoms with E-state index in [1.807, 2.05) is 0 Å². The average molecular weight is 359 g/mol. The van der Waals surface area contributed by atoms with Gasteiger partial charge in [0.25, 0.3) is 0 Å². The van der Waals surface area contributed by atoms with Crippen LogP contribution >= 0.6 is 0 Å². The van der Waals surface area contributed by atoms with Crippen molar-refractivity contribution in [3.05, 3.63) is 108 Å². The lowest BCUT2D eigenvalue weighted by molar-refractivity contribution is -0.915. The first kappa shape index (κ1) is 19.4. The third-order valence-corrected chi connectivity index (χ3v) is 5.73. The molecule has 27 heavy (non-hydrogen) atoms. The zero-order valence-electron chi connectivity index (χ0n) is 16.7. The zero-order valence-corrected chi connectivity index (χ0v) is 16.7. The molecule has 0 aromatic heterocycles. The molecular formula is C26H32N+. The predicted octanol–water partition coefficient (Wildman–Crippen LogP) is 5.55. The average Bonchev–Trinajstić information content (AvgIpc) is 2.72. The lowest BCUT2D eigenvalue weighted by Gasteiger charge is -2.39. The van der Waals surface area contributed by atoms with Gasteiger partial charge >= 0.3 is 0 Å². The molecule has 0 heterocycles. The van der Waals surface area contributed by atoms with E-state index in [9.17, 15) is 0 Å². The van der Waals surface area contributed by atoms with Crippen LogP contribution in [-0.4, -0.2) is 31.2 Å². The van der Waals surface area contributed by atoms with E-state index in [2.05, 4.69) is 105 Å². The van der Waals surface area contributed by atoms with Gasteiger partial charge in [0, 0.05) is 19.3 Å². The van der Waals surface area contributed by atoms with E-state index in [0.29, 0.717) is 6.04 Å². The van der Waals surface area contributed by atoms with Crippen molar-refractivity contribution in [2.24, 2.45) is 0 Å². The normalized spacial score (nSPS) is 12.7. The monoisotopic (exact) mass is 358 g/mol. The highest BCUT2D eigenvalue weighted by atomic mass is 15.3. The number of nitrogens with zero attached hydrogens (tertiary/aromatic N) is 1. The second kappa shape index (κ2) is 9.53. The molecule has 0 fully saturated rings. The molecule has 140 valence electrons. The molecule has 0 saturated carbocycles. The Morgan fingerprint density at radius 3 is 1.56 bits per heavy atom. The van der Waals surface area contributed by atoms with Crippen LogP contribution in [-0.2, 0) is 19.3 Å². The van der Waals surface area contributed by atoms with Crippen LogP contribution < -0.4 is 0 Å². The number of likely N-dealkylation sites (N-methyl/N-ethyl adjacent to an activating group) is 1. The van der Waals surface area contributed by atoms with Gasteiger partial charge in [0.2, 0.25) is 0 Å². The summed E-state index contributed by atoms with van der Waals surface area (Å²) in [7, 11) is 4.81. The number of aryl methyl sites for hydroxylation is 1. The van der Waals surface area contributed by atoms with Crippen LogP contribution in [0.1, 0.15) is 23.1 Å². The van der Waals surface area contributed by atoms with E-state index in [4.69, 9.17) is 0 Å². The van der Waals surface area contributed by atoms with E-state index < -0.39 is 0 Å². The van der Waals surface area contributed by atoms with Crippen molar-refractivity contribution >= 4 is 0 Å². The summed E-state index contributed by atoms with van der Waals surface area (Å²) in [6.45, 7) is 1.16. The Morgan fingerprint density at radius 1 is 0.593 bits per heavy atom. The fraction of sp³-hybridized carbons (Fsp3) is 0.308. The second-order valence-electron chi connectivity index (χ2n) is 8.11. The molecule has 0 radical (unpaired) electrons. The third kappa shape index (κ3) is 6.08. The zero-order chi connectivity index (χ0) is 19.0. The van der Waals surface area contributed by atoms with Gasteiger partial charge in [0.1, 0.15) is 0 Å². The van der Waals surface area contributed by atoms with Crippen molar-refractivity contribution in [3.8, 4) is 0 Å². The van der Waals surface area contributed by atoms with Crippen molar-refractivity contribution in [3.63, 3.8) is 0 Å². The Bertz CT molecular complexity index is 778. The molecule has 0 N–H and O–H groups in total. The first-order valence-electron chi connectivity index (χ1n) is 10.1. The minimum atomic E-state index is 0.608. The van der Waals surface area contributed by atoms with Gasteiger partial charge in [0.05, 0.1) is 26.7 Å².